The van der Waals surface area contributed by atoms with Gasteiger partial charge in [-0.2, -0.15) is 0 Å². The van der Waals surface area contributed by atoms with Gasteiger partial charge in [0.25, 0.3) is 0 Å². The Kier molecular flexibility index (Phi) is 3.46. The number of alkyl halides is 3. The van der Waals surface area contributed by atoms with Gasteiger partial charge in [0, 0.05) is 11.5 Å². The molecule has 0 spiro atoms. The molecule has 0 radical (unpaired) electrons. The maximum atomic E-state index is 12.0. The van der Waals surface area contributed by atoms with E-state index in [1.165, 1.54) is 24.3 Å². The highest BCUT2D eigenvalue weighted by Crippen LogP contribution is 2.26. The summed E-state index contributed by atoms with van der Waals surface area (Å²) in [5.74, 6) is 0.543. The van der Waals surface area contributed by atoms with E-state index in [0.717, 1.165) is 0 Å². The molecule has 7 heteroatoms. The second kappa shape index (κ2) is 4.91. The summed E-state index contributed by atoms with van der Waals surface area (Å²) in [6.07, 6.45) is -4.70. The molecule has 0 fully saturated rings. The van der Waals surface area contributed by atoms with E-state index in [1.54, 1.807) is 0 Å². The Hall–Kier alpha value is -2.05. The summed E-state index contributed by atoms with van der Waals surface area (Å²) < 4.78 is 45.1. The summed E-state index contributed by atoms with van der Waals surface area (Å²) >= 11 is 0. The van der Waals surface area contributed by atoms with Gasteiger partial charge < -0.3 is 9.15 Å². The van der Waals surface area contributed by atoms with E-state index in [-0.39, 0.29) is 17.6 Å². The summed E-state index contributed by atoms with van der Waals surface area (Å²) in [5.41, 5.74) is 0.536. The first-order valence-electron chi connectivity index (χ1n) is 5.55. The zero-order valence-electron chi connectivity index (χ0n) is 10.2. The second-order valence-electron chi connectivity index (χ2n) is 4.17. The van der Waals surface area contributed by atoms with E-state index < -0.39 is 6.36 Å². The molecule has 0 aliphatic carbocycles. The minimum Gasteiger partial charge on any atom is -0.420 e. The van der Waals surface area contributed by atoms with Gasteiger partial charge in [0.1, 0.15) is 5.75 Å². The quantitative estimate of drug-likeness (QED) is 0.853. The topological polar surface area (TPSA) is 48.2 Å². The average Bonchev–Trinajstić information content (AvgIpc) is 2.77. The Bertz CT molecular complexity index is 547. The van der Waals surface area contributed by atoms with Crippen molar-refractivity contribution in [2.75, 3.05) is 0 Å². The number of hydrogen-bond donors (Lipinski definition) is 0. The van der Waals surface area contributed by atoms with Crippen LogP contribution in [0.3, 0.4) is 0 Å². The van der Waals surface area contributed by atoms with Gasteiger partial charge in [-0.15, -0.1) is 23.4 Å². The van der Waals surface area contributed by atoms with E-state index in [2.05, 4.69) is 14.9 Å². The Morgan fingerprint density at radius 3 is 2.21 bits per heavy atom. The predicted molar refractivity (Wildman–Crippen MR) is 60.5 cm³/mol. The standard InChI is InChI=1S/C12H11F3N2O2/c1-7(2)10-16-17-11(18-10)8-3-5-9(6-4-8)19-12(13,14)15/h3-7H,1-2H3. The van der Waals surface area contributed by atoms with Crippen molar-refractivity contribution in [2.24, 2.45) is 0 Å². The molecule has 2 rings (SSSR count). The molecule has 0 aliphatic heterocycles. The monoisotopic (exact) mass is 272 g/mol. The van der Waals surface area contributed by atoms with Crippen molar-refractivity contribution in [1.29, 1.82) is 0 Å². The van der Waals surface area contributed by atoms with Crippen LogP contribution in [0.25, 0.3) is 11.5 Å². The van der Waals surface area contributed by atoms with Crippen LogP contribution in [-0.2, 0) is 0 Å². The van der Waals surface area contributed by atoms with Crippen molar-refractivity contribution < 1.29 is 22.3 Å². The minimum atomic E-state index is -4.70. The lowest BCUT2D eigenvalue weighted by atomic mass is 10.2. The van der Waals surface area contributed by atoms with Gasteiger partial charge in [-0.25, -0.2) is 0 Å². The summed E-state index contributed by atoms with van der Waals surface area (Å²) in [7, 11) is 0. The third kappa shape index (κ3) is 3.46. The van der Waals surface area contributed by atoms with Crippen molar-refractivity contribution >= 4 is 0 Å². The number of halogens is 3. The molecule has 1 aromatic carbocycles. The van der Waals surface area contributed by atoms with Gasteiger partial charge >= 0.3 is 6.36 Å². The molecule has 0 atom stereocenters. The number of aromatic nitrogens is 2. The molecular weight excluding hydrogens is 261 g/mol. The average molecular weight is 272 g/mol. The van der Waals surface area contributed by atoms with Crippen LogP contribution in [0.4, 0.5) is 13.2 Å². The zero-order chi connectivity index (χ0) is 14.0. The summed E-state index contributed by atoms with van der Waals surface area (Å²) in [6.45, 7) is 3.80. The van der Waals surface area contributed by atoms with Gasteiger partial charge in [0.05, 0.1) is 0 Å². The van der Waals surface area contributed by atoms with Crippen LogP contribution in [0.1, 0.15) is 25.7 Å². The van der Waals surface area contributed by atoms with Crippen molar-refractivity contribution in [3.8, 4) is 17.2 Å². The molecule has 19 heavy (non-hydrogen) atoms. The Balaban J connectivity index is 2.17. The molecule has 0 unspecified atom stereocenters. The number of rotatable bonds is 3. The highest BCUT2D eigenvalue weighted by atomic mass is 19.4. The Morgan fingerprint density at radius 1 is 1.11 bits per heavy atom. The van der Waals surface area contributed by atoms with Gasteiger partial charge in [0.15, 0.2) is 0 Å². The summed E-state index contributed by atoms with van der Waals surface area (Å²) in [4.78, 5) is 0. The fourth-order valence-electron chi connectivity index (χ4n) is 1.38. The largest absolute Gasteiger partial charge is 0.573 e. The van der Waals surface area contributed by atoms with Crippen LogP contribution in [0, 0.1) is 0 Å². The zero-order valence-corrected chi connectivity index (χ0v) is 10.2. The SMILES string of the molecule is CC(C)c1nnc(-c2ccc(OC(F)(F)F)cc2)o1. The lowest BCUT2D eigenvalue weighted by Crippen LogP contribution is -2.16. The van der Waals surface area contributed by atoms with Gasteiger partial charge in [0.2, 0.25) is 11.8 Å². The van der Waals surface area contributed by atoms with Gasteiger partial charge in [-0.3, -0.25) is 0 Å². The molecule has 0 bridgehead atoms. The van der Waals surface area contributed by atoms with Gasteiger partial charge in [-0.1, -0.05) is 13.8 Å². The van der Waals surface area contributed by atoms with E-state index in [0.29, 0.717) is 11.5 Å². The number of hydrogen-bond acceptors (Lipinski definition) is 4. The smallest absolute Gasteiger partial charge is 0.420 e. The molecule has 2 aromatic rings. The third-order valence-corrected chi connectivity index (χ3v) is 2.27. The minimum absolute atomic E-state index is 0.0917. The first kappa shape index (κ1) is 13.4. The highest BCUT2D eigenvalue weighted by molar-refractivity contribution is 5.54. The Morgan fingerprint density at radius 2 is 1.74 bits per heavy atom. The molecule has 0 amide bonds. The molecule has 1 aromatic heterocycles. The van der Waals surface area contributed by atoms with Crippen LogP contribution in [-0.4, -0.2) is 16.6 Å². The normalized spacial score (nSPS) is 11.9. The number of benzene rings is 1. The predicted octanol–water partition coefficient (Wildman–Crippen LogP) is 3.76. The van der Waals surface area contributed by atoms with E-state index >= 15 is 0 Å². The van der Waals surface area contributed by atoms with Crippen molar-refractivity contribution in [1.82, 2.24) is 10.2 Å². The molecule has 0 saturated carbocycles. The number of nitrogens with zero attached hydrogens (tertiary/aromatic N) is 2. The highest BCUT2D eigenvalue weighted by Gasteiger charge is 2.31. The van der Waals surface area contributed by atoms with Crippen LogP contribution >= 0.6 is 0 Å². The Labute approximate surface area is 107 Å². The summed E-state index contributed by atoms with van der Waals surface area (Å²) in [6, 6.07) is 5.25. The molecule has 102 valence electrons. The van der Waals surface area contributed by atoms with E-state index in [9.17, 15) is 13.2 Å². The summed E-state index contributed by atoms with van der Waals surface area (Å²) in [5, 5.41) is 7.68. The molecule has 0 N–H and O–H groups in total. The van der Waals surface area contributed by atoms with Crippen LogP contribution in [0.15, 0.2) is 28.7 Å². The van der Waals surface area contributed by atoms with Crippen LogP contribution < -0.4 is 4.74 Å². The fraction of sp³-hybridized carbons (Fsp3) is 0.333. The first-order valence-corrected chi connectivity index (χ1v) is 5.55. The lowest BCUT2D eigenvalue weighted by molar-refractivity contribution is -0.274. The van der Waals surface area contributed by atoms with Crippen molar-refractivity contribution in [2.45, 2.75) is 26.1 Å². The maximum absolute atomic E-state index is 12.0. The molecular formula is C12H11F3N2O2. The van der Waals surface area contributed by atoms with Crippen LogP contribution in [0.2, 0.25) is 0 Å². The van der Waals surface area contributed by atoms with Crippen LogP contribution in [0.5, 0.6) is 5.75 Å². The molecule has 0 aliphatic rings. The third-order valence-electron chi connectivity index (χ3n) is 2.27. The first-order chi connectivity index (χ1) is 8.85. The fourth-order valence-corrected chi connectivity index (χ4v) is 1.38. The van der Waals surface area contributed by atoms with Crippen molar-refractivity contribution in [3.63, 3.8) is 0 Å². The molecule has 0 saturated heterocycles. The maximum Gasteiger partial charge on any atom is 0.573 e. The molecule has 1 heterocycles. The van der Waals surface area contributed by atoms with E-state index in [1.807, 2.05) is 13.8 Å². The van der Waals surface area contributed by atoms with Crippen molar-refractivity contribution in [3.05, 3.63) is 30.2 Å². The van der Waals surface area contributed by atoms with Gasteiger partial charge in [-0.05, 0) is 24.3 Å². The molecule has 4 nitrogen and oxygen atoms in total. The van der Waals surface area contributed by atoms with E-state index in [4.69, 9.17) is 4.42 Å². The number of ether oxygens (including phenoxy) is 1. The second-order valence-corrected chi connectivity index (χ2v) is 4.17. The lowest BCUT2D eigenvalue weighted by Gasteiger charge is -2.08.